The van der Waals surface area contributed by atoms with Crippen LogP contribution in [0.15, 0.2) is 37.8 Å². The van der Waals surface area contributed by atoms with E-state index in [2.05, 4.69) is 37.0 Å². The van der Waals surface area contributed by atoms with Crippen LogP contribution in [0.3, 0.4) is 0 Å². The highest BCUT2D eigenvalue weighted by molar-refractivity contribution is 8.00. The van der Waals surface area contributed by atoms with E-state index in [4.69, 9.17) is 4.42 Å². The van der Waals surface area contributed by atoms with Crippen molar-refractivity contribution >= 4 is 34.1 Å². The van der Waals surface area contributed by atoms with E-state index < -0.39 is 0 Å². The fraction of sp³-hybridized carbons (Fsp3) is 0.353. The molecule has 0 N–H and O–H groups in total. The van der Waals surface area contributed by atoms with Crippen molar-refractivity contribution in [1.29, 1.82) is 0 Å². The second-order valence-corrected chi connectivity index (χ2v) is 8.83. The first-order valence-electron chi connectivity index (χ1n) is 7.33. The molecule has 0 bridgehead atoms. The summed E-state index contributed by atoms with van der Waals surface area (Å²) in [6, 6.07) is 7.62. The van der Waals surface area contributed by atoms with E-state index in [1.807, 2.05) is 19.1 Å². The standard InChI is InChI=1S/C17H18N2O2S2/c1-10-18-19-16(23-10)22-9-11-7-15(20)21-14-6-5-12(8-13(11)14)17(2,3)4/h5-8H,9H2,1-4H3. The first-order chi connectivity index (χ1) is 10.8. The molecule has 6 heteroatoms. The minimum absolute atomic E-state index is 0.0467. The van der Waals surface area contributed by atoms with Gasteiger partial charge in [0, 0.05) is 17.2 Å². The Morgan fingerprint density at radius 3 is 2.65 bits per heavy atom. The molecular formula is C17H18N2O2S2. The average Bonchev–Trinajstić information content (AvgIpc) is 2.88. The highest BCUT2D eigenvalue weighted by Gasteiger charge is 2.16. The topological polar surface area (TPSA) is 56.0 Å². The highest BCUT2D eigenvalue weighted by Crippen LogP contribution is 2.31. The first-order valence-corrected chi connectivity index (χ1v) is 9.13. The third-order valence-corrected chi connectivity index (χ3v) is 5.57. The molecule has 3 rings (SSSR count). The Hall–Kier alpha value is -1.66. The Bertz CT molecular complexity index is 907. The van der Waals surface area contributed by atoms with E-state index in [1.165, 1.54) is 5.56 Å². The Morgan fingerprint density at radius 1 is 1.22 bits per heavy atom. The molecule has 0 aliphatic rings. The molecule has 0 atom stereocenters. The smallest absolute Gasteiger partial charge is 0.336 e. The zero-order chi connectivity index (χ0) is 16.6. The Balaban J connectivity index is 2.01. The van der Waals surface area contributed by atoms with E-state index in [-0.39, 0.29) is 11.0 Å². The van der Waals surface area contributed by atoms with E-state index in [9.17, 15) is 4.79 Å². The molecule has 4 nitrogen and oxygen atoms in total. The van der Waals surface area contributed by atoms with Crippen LogP contribution < -0.4 is 5.63 Å². The summed E-state index contributed by atoms with van der Waals surface area (Å²) in [6.45, 7) is 8.45. The van der Waals surface area contributed by atoms with Gasteiger partial charge < -0.3 is 4.42 Å². The number of thioether (sulfide) groups is 1. The fourth-order valence-electron chi connectivity index (χ4n) is 2.29. The maximum atomic E-state index is 11.8. The number of hydrogen-bond acceptors (Lipinski definition) is 6. The van der Waals surface area contributed by atoms with Crippen LogP contribution in [-0.2, 0) is 11.2 Å². The predicted octanol–water partition coefficient (Wildman–Crippen LogP) is 4.54. The van der Waals surface area contributed by atoms with Gasteiger partial charge in [-0.25, -0.2) is 4.79 Å². The molecule has 120 valence electrons. The third-order valence-electron chi connectivity index (χ3n) is 3.55. The lowest BCUT2D eigenvalue weighted by molar-refractivity contribution is 0.557. The second-order valence-electron chi connectivity index (χ2n) is 6.43. The SMILES string of the molecule is Cc1nnc(SCc2cc(=O)oc3ccc(C(C)(C)C)cc23)s1. The maximum absolute atomic E-state index is 11.8. The summed E-state index contributed by atoms with van der Waals surface area (Å²) in [7, 11) is 0. The quantitative estimate of drug-likeness (QED) is 0.515. The Morgan fingerprint density at radius 2 is 2.00 bits per heavy atom. The van der Waals surface area contributed by atoms with Crippen molar-refractivity contribution < 1.29 is 4.42 Å². The van der Waals surface area contributed by atoms with Gasteiger partial charge >= 0.3 is 5.63 Å². The van der Waals surface area contributed by atoms with Gasteiger partial charge in [-0.3, -0.25) is 0 Å². The number of benzene rings is 1. The molecule has 0 spiro atoms. The number of hydrogen-bond donors (Lipinski definition) is 0. The van der Waals surface area contributed by atoms with Gasteiger partial charge in [-0.15, -0.1) is 10.2 Å². The minimum atomic E-state index is -0.315. The molecule has 23 heavy (non-hydrogen) atoms. The van der Waals surface area contributed by atoms with E-state index >= 15 is 0 Å². The molecule has 2 heterocycles. The summed E-state index contributed by atoms with van der Waals surface area (Å²) in [4.78, 5) is 11.8. The summed E-state index contributed by atoms with van der Waals surface area (Å²) in [6.07, 6.45) is 0. The Kier molecular flexibility index (Phi) is 4.29. The summed E-state index contributed by atoms with van der Waals surface area (Å²) in [5.74, 6) is 0.671. The van der Waals surface area contributed by atoms with Crippen LogP contribution in [-0.4, -0.2) is 10.2 Å². The largest absolute Gasteiger partial charge is 0.423 e. The Labute approximate surface area is 142 Å². The molecule has 0 radical (unpaired) electrons. The van der Waals surface area contributed by atoms with Gasteiger partial charge in [0.05, 0.1) is 0 Å². The van der Waals surface area contributed by atoms with Crippen molar-refractivity contribution in [3.05, 3.63) is 50.8 Å². The van der Waals surface area contributed by atoms with Crippen LogP contribution in [0.1, 0.15) is 36.9 Å². The van der Waals surface area contributed by atoms with Crippen molar-refractivity contribution in [2.75, 3.05) is 0 Å². The van der Waals surface area contributed by atoms with Gasteiger partial charge in [-0.2, -0.15) is 0 Å². The lowest BCUT2D eigenvalue weighted by Gasteiger charge is -2.19. The van der Waals surface area contributed by atoms with Crippen LogP contribution in [0.4, 0.5) is 0 Å². The summed E-state index contributed by atoms with van der Waals surface area (Å²) >= 11 is 3.16. The van der Waals surface area contributed by atoms with Crippen LogP contribution >= 0.6 is 23.1 Å². The highest BCUT2D eigenvalue weighted by atomic mass is 32.2. The number of aromatic nitrogens is 2. The van der Waals surface area contributed by atoms with E-state index in [0.717, 1.165) is 20.3 Å². The zero-order valence-corrected chi connectivity index (χ0v) is 15.2. The van der Waals surface area contributed by atoms with E-state index in [1.54, 1.807) is 29.2 Å². The molecule has 0 aliphatic carbocycles. The fourth-order valence-corrected chi connectivity index (χ4v) is 4.10. The van der Waals surface area contributed by atoms with Crippen LogP contribution in [0.25, 0.3) is 11.0 Å². The van der Waals surface area contributed by atoms with Crippen molar-refractivity contribution in [3.63, 3.8) is 0 Å². The molecule has 3 aromatic rings. The lowest BCUT2D eigenvalue weighted by atomic mass is 9.86. The van der Waals surface area contributed by atoms with Gasteiger partial charge in [-0.05, 0) is 35.6 Å². The summed E-state index contributed by atoms with van der Waals surface area (Å²) < 4.78 is 6.25. The van der Waals surface area contributed by atoms with E-state index in [0.29, 0.717) is 11.3 Å². The molecule has 0 fully saturated rings. The van der Waals surface area contributed by atoms with Crippen LogP contribution in [0.5, 0.6) is 0 Å². The zero-order valence-electron chi connectivity index (χ0n) is 13.5. The van der Waals surface area contributed by atoms with Gasteiger partial charge in [0.1, 0.15) is 10.6 Å². The van der Waals surface area contributed by atoms with Crippen LogP contribution in [0.2, 0.25) is 0 Å². The van der Waals surface area contributed by atoms with Crippen LogP contribution in [0, 0.1) is 6.92 Å². The summed E-state index contributed by atoms with van der Waals surface area (Å²) in [5.41, 5.74) is 2.56. The predicted molar refractivity (Wildman–Crippen MR) is 95.4 cm³/mol. The molecule has 1 aromatic carbocycles. The minimum Gasteiger partial charge on any atom is -0.423 e. The van der Waals surface area contributed by atoms with Gasteiger partial charge in [0.25, 0.3) is 0 Å². The first kappa shape index (κ1) is 16.2. The lowest BCUT2D eigenvalue weighted by Crippen LogP contribution is -2.11. The monoisotopic (exact) mass is 346 g/mol. The van der Waals surface area contributed by atoms with Gasteiger partial charge in [0.15, 0.2) is 4.34 Å². The molecule has 0 unspecified atom stereocenters. The number of nitrogens with zero attached hydrogens (tertiary/aromatic N) is 2. The third kappa shape index (κ3) is 3.64. The molecular weight excluding hydrogens is 328 g/mol. The van der Waals surface area contributed by atoms with Crippen molar-refractivity contribution in [3.8, 4) is 0 Å². The normalized spacial score (nSPS) is 12.0. The summed E-state index contributed by atoms with van der Waals surface area (Å²) in [5, 5.41) is 10.1. The van der Waals surface area contributed by atoms with Crippen molar-refractivity contribution in [2.45, 2.75) is 43.2 Å². The maximum Gasteiger partial charge on any atom is 0.336 e. The molecule has 0 saturated carbocycles. The average molecular weight is 346 g/mol. The van der Waals surface area contributed by atoms with Crippen molar-refractivity contribution in [1.82, 2.24) is 10.2 Å². The number of rotatable bonds is 3. The van der Waals surface area contributed by atoms with Crippen molar-refractivity contribution in [2.24, 2.45) is 0 Å². The number of fused-ring (bicyclic) bond motifs is 1. The van der Waals surface area contributed by atoms with Gasteiger partial charge in [-0.1, -0.05) is 49.9 Å². The van der Waals surface area contributed by atoms with Gasteiger partial charge in [0.2, 0.25) is 0 Å². The number of aryl methyl sites for hydroxylation is 1. The molecule has 0 aliphatic heterocycles. The second kappa shape index (κ2) is 6.09. The molecule has 0 amide bonds. The molecule has 2 aromatic heterocycles. The molecule has 0 saturated heterocycles.